The molecule has 1 aromatic heterocycles. The van der Waals surface area contributed by atoms with Crippen molar-refractivity contribution < 1.29 is 14.6 Å². The fourth-order valence-electron chi connectivity index (χ4n) is 1.72. The number of fused-ring (bicyclic) bond motifs is 1. The first kappa shape index (κ1) is 16.0. The maximum atomic E-state index is 10.6. The van der Waals surface area contributed by atoms with Gasteiger partial charge in [0, 0.05) is 22.8 Å². The number of hydrogen-bond donors (Lipinski definition) is 1. The molecule has 2 aromatic rings. The van der Waals surface area contributed by atoms with E-state index < -0.39 is 5.97 Å². The molecule has 0 radical (unpaired) electrons. The van der Waals surface area contributed by atoms with Crippen molar-refractivity contribution in [3.8, 4) is 0 Å². The van der Waals surface area contributed by atoms with Crippen LogP contribution < -0.4 is 0 Å². The molecule has 7 heteroatoms. The highest BCUT2D eigenvalue weighted by atomic mass is 35.5. The molecule has 2 rings (SSSR count). The molecule has 0 bridgehead atoms. The lowest BCUT2D eigenvalue weighted by Gasteiger charge is -2.08. The van der Waals surface area contributed by atoms with Gasteiger partial charge >= 0.3 is 5.97 Å². The molecule has 1 aromatic carbocycles. The number of thioether (sulfide) groups is 1. The summed E-state index contributed by atoms with van der Waals surface area (Å²) in [5.74, 6) is 0.208. The number of hydrogen-bond acceptors (Lipinski definition) is 5. The molecule has 1 heterocycles. The summed E-state index contributed by atoms with van der Waals surface area (Å²) in [5.41, 5.74) is 0.780. The zero-order chi connectivity index (χ0) is 15.2. The Balaban J connectivity index is 2.32. The number of aromatic nitrogens is 2. The fourth-order valence-corrected chi connectivity index (χ4v) is 2.85. The molecule has 112 valence electrons. The first-order chi connectivity index (χ1) is 10.1. The second kappa shape index (κ2) is 7.59. The first-order valence-corrected chi connectivity index (χ1v) is 7.85. The average molecular weight is 327 g/mol. The van der Waals surface area contributed by atoms with Crippen LogP contribution in [0.1, 0.15) is 19.2 Å². The SMILES string of the molecule is CCOCc1nc(SCCC(=O)O)c2cc(Cl)ccc2n1. The summed E-state index contributed by atoms with van der Waals surface area (Å²) in [5, 5.41) is 10.9. The van der Waals surface area contributed by atoms with E-state index in [-0.39, 0.29) is 6.42 Å². The quantitative estimate of drug-likeness (QED) is 0.621. The van der Waals surface area contributed by atoms with Crippen LogP contribution >= 0.6 is 23.4 Å². The number of nitrogens with zero attached hydrogens (tertiary/aromatic N) is 2. The van der Waals surface area contributed by atoms with Gasteiger partial charge in [-0.1, -0.05) is 11.6 Å². The molecular weight excluding hydrogens is 312 g/mol. The smallest absolute Gasteiger partial charge is 0.304 e. The average Bonchev–Trinajstić information content (AvgIpc) is 2.45. The summed E-state index contributed by atoms with van der Waals surface area (Å²) in [4.78, 5) is 19.5. The monoisotopic (exact) mass is 326 g/mol. The Labute approximate surface area is 131 Å². The molecule has 0 unspecified atom stereocenters. The fraction of sp³-hybridized carbons (Fsp3) is 0.357. The van der Waals surface area contributed by atoms with Gasteiger partial charge in [-0.05, 0) is 25.1 Å². The van der Waals surface area contributed by atoms with E-state index in [0.29, 0.717) is 29.8 Å². The zero-order valence-electron chi connectivity index (χ0n) is 11.5. The van der Waals surface area contributed by atoms with E-state index in [9.17, 15) is 4.79 Å². The molecule has 1 N–H and O–H groups in total. The molecule has 0 aliphatic rings. The number of carboxylic acid groups (broad SMARTS) is 1. The van der Waals surface area contributed by atoms with E-state index in [4.69, 9.17) is 21.4 Å². The molecule has 0 atom stereocenters. The largest absolute Gasteiger partial charge is 0.481 e. The molecule has 0 spiro atoms. The van der Waals surface area contributed by atoms with Gasteiger partial charge in [0.1, 0.15) is 11.6 Å². The second-order valence-corrected chi connectivity index (χ2v) is 5.76. The van der Waals surface area contributed by atoms with Gasteiger partial charge in [-0.15, -0.1) is 11.8 Å². The second-order valence-electron chi connectivity index (χ2n) is 4.24. The summed E-state index contributed by atoms with van der Waals surface area (Å²) in [6.07, 6.45) is 0.0809. The summed E-state index contributed by atoms with van der Waals surface area (Å²) in [6.45, 7) is 2.83. The van der Waals surface area contributed by atoms with E-state index in [2.05, 4.69) is 9.97 Å². The number of rotatable bonds is 7. The predicted octanol–water partition coefficient (Wildman–Crippen LogP) is 3.39. The van der Waals surface area contributed by atoms with E-state index in [1.807, 2.05) is 13.0 Å². The molecule has 0 amide bonds. The Bertz CT molecular complexity index is 651. The summed E-state index contributed by atoms with van der Waals surface area (Å²) in [6, 6.07) is 5.40. The van der Waals surface area contributed by atoms with E-state index in [1.165, 1.54) is 11.8 Å². The van der Waals surface area contributed by atoms with E-state index in [1.54, 1.807) is 12.1 Å². The lowest BCUT2D eigenvalue weighted by molar-refractivity contribution is -0.136. The molecule has 0 saturated heterocycles. The van der Waals surface area contributed by atoms with Crippen molar-refractivity contribution in [2.24, 2.45) is 0 Å². The molecule has 0 aliphatic carbocycles. The number of halogens is 1. The van der Waals surface area contributed by atoms with Gasteiger partial charge in [0.25, 0.3) is 0 Å². The maximum absolute atomic E-state index is 10.6. The molecule has 21 heavy (non-hydrogen) atoms. The van der Waals surface area contributed by atoms with Crippen molar-refractivity contribution in [2.45, 2.75) is 25.0 Å². The Morgan fingerprint density at radius 2 is 2.24 bits per heavy atom. The molecule has 5 nitrogen and oxygen atoms in total. The van der Waals surface area contributed by atoms with Crippen molar-refractivity contribution in [3.05, 3.63) is 29.0 Å². The Morgan fingerprint density at radius 3 is 2.95 bits per heavy atom. The van der Waals surface area contributed by atoms with Crippen molar-refractivity contribution in [1.82, 2.24) is 9.97 Å². The lowest BCUT2D eigenvalue weighted by Crippen LogP contribution is -2.02. The topological polar surface area (TPSA) is 72.3 Å². The molecule has 0 fully saturated rings. The number of aliphatic carboxylic acids is 1. The van der Waals surface area contributed by atoms with Gasteiger partial charge < -0.3 is 9.84 Å². The van der Waals surface area contributed by atoms with Gasteiger partial charge in [0.05, 0.1) is 11.9 Å². The van der Waals surface area contributed by atoms with Crippen LogP contribution in [0.15, 0.2) is 23.2 Å². The minimum absolute atomic E-state index is 0.0809. The summed E-state index contributed by atoms with van der Waals surface area (Å²) in [7, 11) is 0. The third-order valence-electron chi connectivity index (χ3n) is 2.66. The summed E-state index contributed by atoms with van der Waals surface area (Å²) >= 11 is 7.40. The van der Waals surface area contributed by atoms with Crippen molar-refractivity contribution in [2.75, 3.05) is 12.4 Å². The molecule has 0 aliphatic heterocycles. The van der Waals surface area contributed by atoms with Crippen LogP contribution in [0.5, 0.6) is 0 Å². The number of benzene rings is 1. The van der Waals surface area contributed by atoms with Crippen LogP contribution in [-0.2, 0) is 16.1 Å². The first-order valence-electron chi connectivity index (χ1n) is 6.48. The van der Waals surface area contributed by atoms with Crippen LogP contribution in [-0.4, -0.2) is 33.4 Å². The zero-order valence-corrected chi connectivity index (χ0v) is 13.1. The lowest BCUT2D eigenvalue weighted by atomic mass is 10.2. The minimum Gasteiger partial charge on any atom is -0.481 e. The standard InChI is InChI=1S/C14H15ClN2O3S/c1-2-20-8-12-16-11-4-3-9(15)7-10(11)14(17-12)21-6-5-13(18)19/h3-4,7H,2,5-6,8H2,1H3,(H,18,19). The molecular formula is C14H15ClN2O3S. The minimum atomic E-state index is -0.826. The third-order valence-corrected chi connectivity index (χ3v) is 3.89. The third kappa shape index (κ3) is 4.56. The highest BCUT2D eigenvalue weighted by Gasteiger charge is 2.10. The predicted molar refractivity (Wildman–Crippen MR) is 82.9 cm³/mol. The van der Waals surface area contributed by atoms with Gasteiger partial charge in [0.2, 0.25) is 0 Å². The van der Waals surface area contributed by atoms with Gasteiger partial charge in [-0.3, -0.25) is 4.79 Å². The van der Waals surface area contributed by atoms with Crippen molar-refractivity contribution in [3.63, 3.8) is 0 Å². The van der Waals surface area contributed by atoms with Gasteiger partial charge in [-0.2, -0.15) is 0 Å². The Hall–Kier alpha value is -1.37. The van der Waals surface area contributed by atoms with Crippen LogP contribution in [0.25, 0.3) is 10.9 Å². The van der Waals surface area contributed by atoms with Gasteiger partial charge in [-0.25, -0.2) is 9.97 Å². The van der Waals surface area contributed by atoms with Crippen LogP contribution in [0.2, 0.25) is 5.02 Å². The Kier molecular flexibility index (Phi) is 5.78. The van der Waals surface area contributed by atoms with E-state index >= 15 is 0 Å². The van der Waals surface area contributed by atoms with Crippen molar-refractivity contribution in [1.29, 1.82) is 0 Å². The van der Waals surface area contributed by atoms with Crippen LogP contribution in [0.4, 0.5) is 0 Å². The summed E-state index contributed by atoms with van der Waals surface area (Å²) < 4.78 is 5.34. The normalized spacial score (nSPS) is 11.0. The highest BCUT2D eigenvalue weighted by Crippen LogP contribution is 2.28. The number of carbonyl (C=O) groups is 1. The van der Waals surface area contributed by atoms with Crippen LogP contribution in [0, 0.1) is 0 Å². The highest BCUT2D eigenvalue weighted by molar-refractivity contribution is 7.99. The van der Waals surface area contributed by atoms with Crippen LogP contribution in [0.3, 0.4) is 0 Å². The molecule has 0 saturated carbocycles. The number of carboxylic acids is 1. The maximum Gasteiger partial charge on any atom is 0.304 e. The van der Waals surface area contributed by atoms with Crippen molar-refractivity contribution >= 4 is 40.2 Å². The van der Waals surface area contributed by atoms with E-state index in [0.717, 1.165) is 15.9 Å². The van der Waals surface area contributed by atoms with Gasteiger partial charge in [0.15, 0.2) is 5.82 Å². The Morgan fingerprint density at radius 1 is 1.43 bits per heavy atom. The number of ether oxygens (including phenoxy) is 1.